The summed E-state index contributed by atoms with van der Waals surface area (Å²) in [6.07, 6.45) is 0.811. The molecule has 1 aromatic carbocycles. The Hall–Kier alpha value is -2.49. The fourth-order valence-electron chi connectivity index (χ4n) is 4.13. The first-order chi connectivity index (χ1) is 15.2. The summed E-state index contributed by atoms with van der Waals surface area (Å²) < 4.78 is 39.8. The van der Waals surface area contributed by atoms with Crippen molar-refractivity contribution in [2.75, 3.05) is 32.9 Å². The van der Waals surface area contributed by atoms with E-state index in [1.807, 2.05) is 18.4 Å². The predicted molar refractivity (Wildman–Crippen MR) is 117 cm³/mol. The summed E-state index contributed by atoms with van der Waals surface area (Å²) in [5.74, 6) is -0.362. The number of aryl methyl sites for hydroxylation is 1. The third kappa shape index (κ3) is 4.37. The zero-order chi connectivity index (χ0) is 23.0. The molecule has 1 aromatic heterocycles. The number of ketones is 1. The van der Waals surface area contributed by atoms with Crippen LogP contribution in [0.2, 0.25) is 0 Å². The second-order valence-corrected chi connectivity index (χ2v) is 10.4. The zero-order valence-electron chi connectivity index (χ0n) is 18.5. The molecule has 2 heterocycles. The Morgan fingerprint density at radius 1 is 1.16 bits per heavy atom. The molecule has 9 heteroatoms. The van der Waals surface area contributed by atoms with Crippen molar-refractivity contribution in [1.82, 2.24) is 8.87 Å². The Bertz CT molecular complexity index is 1150. The normalized spacial score (nSPS) is 21.3. The van der Waals surface area contributed by atoms with Gasteiger partial charge in [-0.3, -0.25) is 9.59 Å². The highest BCUT2D eigenvalue weighted by molar-refractivity contribution is 7.89. The minimum absolute atomic E-state index is 0.0913. The van der Waals surface area contributed by atoms with E-state index in [4.69, 9.17) is 9.47 Å². The number of benzene rings is 1. The Kier molecular flexibility index (Phi) is 6.24. The summed E-state index contributed by atoms with van der Waals surface area (Å²) in [5.41, 5.74) is 2.57. The van der Waals surface area contributed by atoms with Gasteiger partial charge in [-0.05, 0) is 50.5 Å². The van der Waals surface area contributed by atoms with Crippen LogP contribution in [-0.4, -0.2) is 62.0 Å². The van der Waals surface area contributed by atoms with Gasteiger partial charge in [0.15, 0.2) is 6.61 Å². The molecule has 2 aromatic rings. The highest BCUT2D eigenvalue weighted by Gasteiger charge is 2.40. The smallest absolute Gasteiger partial charge is 0.309 e. The standard InChI is InChI=1S/C23H28N2O6S/c1-15-11-20(15)23(27)31-14-22(26)21-12-16(2)25(17(21)3)18-5-4-6-19(13-18)32(28,29)24-7-9-30-10-8-24/h4-6,12-13,15,20H,7-11,14H2,1-3H3/t15-,20-/m0/s1. The van der Waals surface area contributed by atoms with Crippen molar-refractivity contribution in [3.63, 3.8) is 0 Å². The largest absolute Gasteiger partial charge is 0.457 e. The summed E-state index contributed by atoms with van der Waals surface area (Å²) in [7, 11) is -3.64. The van der Waals surface area contributed by atoms with Gasteiger partial charge in [-0.15, -0.1) is 0 Å². The van der Waals surface area contributed by atoms with E-state index in [9.17, 15) is 18.0 Å². The summed E-state index contributed by atoms with van der Waals surface area (Å²) >= 11 is 0. The maximum absolute atomic E-state index is 13.0. The molecule has 0 unspecified atom stereocenters. The summed E-state index contributed by atoms with van der Waals surface area (Å²) in [6.45, 7) is 6.75. The molecule has 1 aliphatic heterocycles. The van der Waals surface area contributed by atoms with E-state index in [-0.39, 0.29) is 29.2 Å². The molecule has 172 valence electrons. The SMILES string of the molecule is Cc1cc(C(=O)COC(=O)[C@H]2C[C@@H]2C)c(C)n1-c1cccc(S(=O)(=O)N2CCOCC2)c1. The number of hydrogen-bond donors (Lipinski definition) is 0. The molecule has 2 fully saturated rings. The van der Waals surface area contributed by atoms with Gasteiger partial charge in [0.2, 0.25) is 15.8 Å². The molecule has 0 N–H and O–H groups in total. The van der Waals surface area contributed by atoms with Gasteiger partial charge < -0.3 is 14.0 Å². The molecule has 0 bridgehead atoms. The highest BCUT2D eigenvalue weighted by Crippen LogP contribution is 2.38. The van der Waals surface area contributed by atoms with Crippen molar-refractivity contribution in [3.05, 3.63) is 47.3 Å². The summed E-state index contributed by atoms with van der Waals surface area (Å²) in [6, 6.07) is 8.44. The molecule has 2 atom stereocenters. The average molecular weight is 461 g/mol. The molecule has 2 aliphatic rings. The minimum Gasteiger partial charge on any atom is -0.457 e. The monoisotopic (exact) mass is 460 g/mol. The molecule has 1 saturated carbocycles. The van der Waals surface area contributed by atoms with Crippen molar-refractivity contribution < 1.29 is 27.5 Å². The van der Waals surface area contributed by atoms with Gasteiger partial charge in [-0.2, -0.15) is 4.31 Å². The second-order valence-electron chi connectivity index (χ2n) is 8.48. The van der Waals surface area contributed by atoms with Crippen LogP contribution in [0.1, 0.15) is 35.1 Å². The van der Waals surface area contributed by atoms with Gasteiger partial charge in [0.25, 0.3) is 0 Å². The van der Waals surface area contributed by atoms with Gasteiger partial charge in [0, 0.05) is 35.7 Å². The number of nitrogens with zero attached hydrogens (tertiary/aromatic N) is 2. The van der Waals surface area contributed by atoms with Crippen LogP contribution >= 0.6 is 0 Å². The Morgan fingerprint density at radius 2 is 1.84 bits per heavy atom. The van der Waals surface area contributed by atoms with Gasteiger partial charge in [-0.1, -0.05) is 13.0 Å². The van der Waals surface area contributed by atoms with Gasteiger partial charge in [0.1, 0.15) is 0 Å². The number of esters is 1. The second kappa shape index (κ2) is 8.80. The molecule has 32 heavy (non-hydrogen) atoms. The summed E-state index contributed by atoms with van der Waals surface area (Å²) in [4.78, 5) is 24.9. The Labute approximate surface area is 188 Å². The van der Waals surface area contributed by atoms with Crippen LogP contribution in [0.15, 0.2) is 35.2 Å². The number of carbonyl (C=O) groups is 2. The average Bonchev–Trinajstić information content (AvgIpc) is 3.45. The van der Waals surface area contributed by atoms with E-state index < -0.39 is 10.0 Å². The molecule has 1 aliphatic carbocycles. The lowest BCUT2D eigenvalue weighted by Crippen LogP contribution is -2.40. The molecular weight excluding hydrogens is 432 g/mol. The number of aromatic nitrogens is 1. The van der Waals surface area contributed by atoms with Crippen molar-refractivity contribution in [2.45, 2.75) is 32.1 Å². The van der Waals surface area contributed by atoms with Crippen LogP contribution in [-0.2, 0) is 24.3 Å². The molecule has 0 amide bonds. The van der Waals surface area contributed by atoms with Crippen LogP contribution in [0, 0.1) is 25.7 Å². The highest BCUT2D eigenvalue weighted by atomic mass is 32.2. The van der Waals surface area contributed by atoms with Crippen LogP contribution in [0.5, 0.6) is 0 Å². The van der Waals surface area contributed by atoms with Gasteiger partial charge in [-0.25, -0.2) is 8.42 Å². The van der Waals surface area contributed by atoms with E-state index in [2.05, 4.69) is 0 Å². The lowest BCUT2D eigenvalue weighted by Gasteiger charge is -2.26. The van der Waals surface area contributed by atoms with E-state index in [0.29, 0.717) is 49.2 Å². The first-order valence-corrected chi connectivity index (χ1v) is 12.2. The van der Waals surface area contributed by atoms with Crippen molar-refractivity contribution >= 4 is 21.8 Å². The van der Waals surface area contributed by atoms with E-state index in [1.165, 1.54) is 4.31 Å². The molecule has 1 saturated heterocycles. The lowest BCUT2D eigenvalue weighted by molar-refractivity contribution is -0.144. The molecule has 0 radical (unpaired) electrons. The van der Waals surface area contributed by atoms with Crippen LogP contribution in [0.25, 0.3) is 5.69 Å². The van der Waals surface area contributed by atoms with Gasteiger partial charge >= 0.3 is 5.97 Å². The number of carbonyl (C=O) groups excluding carboxylic acids is 2. The van der Waals surface area contributed by atoms with E-state index in [0.717, 1.165) is 12.1 Å². The maximum atomic E-state index is 13.0. The first kappa shape index (κ1) is 22.7. The number of morpholine rings is 1. The Balaban J connectivity index is 1.56. The third-order valence-electron chi connectivity index (χ3n) is 6.17. The topological polar surface area (TPSA) is 94.9 Å². The first-order valence-electron chi connectivity index (χ1n) is 10.8. The lowest BCUT2D eigenvalue weighted by atomic mass is 10.1. The molecule has 0 spiro atoms. The van der Waals surface area contributed by atoms with E-state index in [1.54, 1.807) is 37.3 Å². The zero-order valence-corrected chi connectivity index (χ0v) is 19.4. The fraction of sp³-hybridized carbons (Fsp3) is 0.478. The van der Waals surface area contributed by atoms with Crippen molar-refractivity contribution in [1.29, 1.82) is 0 Å². The minimum atomic E-state index is -3.64. The number of sulfonamides is 1. The number of Topliss-reactive ketones (excluding diaryl/α,β-unsaturated/α-hetero) is 1. The predicted octanol–water partition coefficient (Wildman–Crippen LogP) is 2.50. The van der Waals surface area contributed by atoms with Crippen molar-refractivity contribution in [2.24, 2.45) is 11.8 Å². The van der Waals surface area contributed by atoms with Crippen LogP contribution < -0.4 is 0 Å². The Morgan fingerprint density at radius 3 is 2.50 bits per heavy atom. The number of ether oxygens (including phenoxy) is 2. The van der Waals surface area contributed by atoms with Crippen molar-refractivity contribution in [3.8, 4) is 5.69 Å². The van der Waals surface area contributed by atoms with Crippen LogP contribution in [0.4, 0.5) is 0 Å². The number of hydrogen-bond acceptors (Lipinski definition) is 6. The number of rotatable bonds is 7. The fourth-order valence-corrected chi connectivity index (χ4v) is 5.58. The molecule has 4 rings (SSSR count). The van der Waals surface area contributed by atoms with Crippen LogP contribution in [0.3, 0.4) is 0 Å². The quantitative estimate of drug-likeness (QED) is 0.465. The molecular formula is C23H28N2O6S. The van der Waals surface area contributed by atoms with Gasteiger partial charge in [0.05, 0.1) is 24.0 Å². The van der Waals surface area contributed by atoms with E-state index >= 15 is 0 Å². The maximum Gasteiger partial charge on any atom is 0.309 e. The summed E-state index contributed by atoms with van der Waals surface area (Å²) in [5, 5.41) is 0. The third-order valence-corrected chi connectivity index (χ3v) is 8.07. The molecule has 8 nitrogen and oxygen atoms in total.